The van der Waals surface area contributed by atoms with E-state index in [1.807, 2.05) is 6.20 Å². The van der Waals surface area contributed by atoms with E-state index < -0.39 is 5.97 Å². The van der Waals surface area contributed by atoms with E-state index in [9.17, 15) is 4.79 Å². The average Bonchev–Trinajstić information content (AvgIpc) is 2.72. The second-order valence-electron chi connectivity index (χ2n) is 3.45. The van der Waals surface area contributed by atoms with Crippen molar-refractivity contribution in [3.8, 4) is 5.69 Å². The molecule has 2 rings (SSSR count). The van der Waals surface area contributed by atoms with Crippen LogP contribution in [0.1, 0.15) is 5.56 Å². The Morgan fingerprint density at radius 2 is 2.28 bits per heavy atom. The molecule has 2 aromatic rings. The van der Waals surface area contributed by atoms with E-state index in [1.54, 1.807) is 29.1 Å². The second kappa shape index (κ2) is 5.53. The Morgan fingerprint density at radius 1 is 1.50 bits per heavy atom. The van der Waals surface area contributed by atoms with Crippen molar-refractivity contribution >= 4 is 46.2 Å². The maximum absolute atomic E-state index is 10.6. The first-order chi connectivity index (χ1) is 8.58. The summed E-state index contributed by atoms with van der Waals surface area (Å²) in [4.78, 5) is 10.6. The molecule has 0 atom stereocenters. The van der Waals surface area contributed by atoms with E-state index in [4.69, 9.17) is 16.7 Å². The van der Waals surface area contributed by atoms with Crippen molar-refractivity contribution < 1.29 is 9.90 Å². The van der Waals surface area contributed by atoms with Gasteiger partial charge >= 0.3 is 5.97 Å². The van der Waals surface area contributed by atoms with Crippen LogP contribution in [0.3, 0.4) is 0 Å². The molecule has 1 heterocycles. The van der Waals surface area contributed by atoms with Gasteiger partial charge in [-0.2, -0.15) is 5.10 Å². The summed E-state index contributed by atoms with van der Waals surface area (Å²) < 4.78 is 2.60. The normalized spacial score (nSPS) is 11.0. The van der Waals surface area contributed by atoms with Crippen LogP contribution in [0, 0.1) is 3.57 Å². The molecule has 0 aliphatic heterocycles. The van der Waals surface area contributed by atoms with Gasteiger partial charge in [0, 0.05) is 17.8 Å². The summed E-state index contributed by atoms with van der Waals surface area (Å²) in [5, 5.41) is 13.4. The smallest absolute Gasteiger partial charge is 0.328 e. The first-order valence-electron chi connectivity index (χ1n) is 4.98. The topological polar surface area (TPSA) is 55.1 Å². The zero-order chi connectivity index (χ0) is 13.1. The standard InChI is InChI=1S/C12H8ClIN2O2/c13-10-3-1-2-8(4-5-11(17)18)12(10)16-7-9(14)6-15-16/h1-7H,(H,17,18)/b5-4+. The molecule has 18 heavy (non-hydrogen) atoms. The monoisotopic (exact) mass is 374 g/mol. The van der Waals surface area contributed by atoms with Crippen LogP contribution in [0.4, 0.5) is 0 Å². The molecule has 6 heteroatoms. The summed E-state index contributed by atoms with van der Waals surface area (Å²) in [6.07, 6.45) is 6.09. The van der Waals surface area contributed by atoms with E-state index in [1.165, 1.54) is 6.08 Å². The quantitative estimate of drug-likeness (QED) is 0.663. The van der Waals surface area contributed by atoms with Crippen molar-refractivity contribution in [3.63, 3.8) is 0 Å². The third kappa shape index (κ3) is 2.91. The highest BCUT2D eigenvalue weighted by Crippen LogP contribution is 2.25. The predicted molar refractivity (Wildman–Crippen MR) is 78.0 cm³/mol. The SMILES string of the molecule is O=C(O)/C=C/c1cccc(Cl)c1-n1cc(I)cn1. The van der Waals surface area contributed by atoms with Crippen LogP contribution in [0.15, 0.2) is 36.7 Å². The third-order valence-corrected chi connectivity index (χ3v) is 3.07. The molecule has 1 aromatic carbocycles. The van der Waals surface area contributed by atoms with Gasteiger partial charge < -0.3 is 5.11 Å². The molecule has 0 aliphatic carbocycles. The number of carboxylic acids is 1. The Labute approximate surface area is 122 Å². The molecule has 0 aliphatic rings. The minimum atomic E-state index is -1.00. The van der Waals surface area contributed by atoms with Gasteiger partial charge in [0.15, 0.2) is 0 Å². The molecular weight excluding hydrogens is 367 g/mol. The van der Waals surface area contributed by atoms with E-state index in [0.29, 0.717) is 16.3 Å². The summed E-state index contributed by atoms with van der Waals surface area (Å²) >= 11 is 8.29. The van der Waals surface area contributed by atoms with Crippen molar-refractivity contribution in [2.24, 2.45) is 0 Å². The molecule has 0 saturated carbocycles. The fourth-order valence-electron chi connectivity index (χ4n) is 1.49. The molecule has 1 N–H and O–H groups in total. The summed E-state index contributed by atoms with van der Waals surface area (Å²) in [6, 6.07) is 5.29. The lowest BCUT2D eigenvalue weighted by Crippen LogP contribution is -1.99. The van der Waals surface area contributed by atoms with Gasteiger partial charge in [-0.1, -0.05) is 23.7 Å². The number of para-hydroxylation sites is 1. The molecule has 0 amide bonds. The van der Waals surface area contributed by atoms with Gasteiger partial charge in [-0.05, 0) is 34.7 Å². The highest BCUT2D eigenvalue weighted by Gasteiger charge is 2.08. The predicted octanol–water partition coefficient (Wildman–Crippen LogP) is 3.23. The molecule has 92 valence electrons. The van der Waals surface area contributed by atoms with Crippen molar-refractivity contribution in [1.29, 1.82) is 0 Å². The van der Waals surface area contributed by atoms with Gasteiger partial charge in [-0.25, -0.2) is 9.48 Å². The van der Waals surface area contributed by atoms with Crippen LogP contribution in [-0.2, 0) is 4.79 Å². The first kappa shape index (κ1) is 13.1. The number of hydrogen-bond acceptors (Lipinski definition) is 2. The fourth-order valence-corrected chi connectivity index (χ4v) is 2.15. The molecular formula is C12H8ClIN2O2. The number of aliphatic carboxylic acids is 1. The molecule has 4 nitrogen and oxygen atoms in total. The highest BCUT2D eigenvalue weighted by molar-refractivity contribution is 14.1. The minimum absolute atomic E-state index is 0.516. The molecule has 0 spiro atoms. The molecule has 0 unspecified atom stereocenters. The van der Waals surface area contributed by atoms with E-state index >= 15 is 0 Å². The summed E-state index contributed by atoms with van der Waals surface area (Å²) in [7, 11) is 0. The largest absolute Gasteiger partial charge is 0.478 e. The Morgan fingerprint density at radius 3 is 2.89 bits per heavy atom. The molecule has 0 saturated heterocycles. The van der Waals surface area contributed by atoms with Crippen LogP contribution in [0.5, 0.6) is 0 Å². The van der Waals surface area contributed by atoms with Crippen LogP contribution >= 0.6 is 34.2 Å². The van der Waals surface area contributed by atoms with Crippen molar-refractivity contribution in [1.82, 2.24) is 9.78 Å². The summed E-state index contributed by atoms with van der Waals surface area (Å²) in [6.45, 7) is 0. The van der Waals surface area contributed by atoms with Gasteiger partial charge in [-0.15, -0.1) is 0 Å². The number of rotatable bonds is 3. The maximum atomic E-state index is 10.6. The van der Waals surface area contributed by atoms with Gasteiger partial charge in [0.2, 0.25) is 0 Å². The van der Waals surface area contributed by atoms with Gasteiger partial charge in [0.1, 0.15) is 0 Å². The lowest BCUT2D eigenvalue weighted by Gasteiger charge is -2.08. The number of aromatic nitrogens is 2. The lowest BCUT2D eigenvalue weighted by molar-refractivity contribution is -0.131. The zero-order valence-electron chi connectivity index (χ0n) is 9.05. The highest BCUT2D eigenvalue weighted by atomic mass is 127. The second-order valence-corrected chi connectivity index (χ2v) is 5.11. The number of carbonyl (C=O) groups is 1. The van der Waals surface area contributed by atoms with E-state index in [0.717, 1.165) is 9.65 Å². The number of halogens is 2. The number of carboxylic acid groups (broad SMARTS) is 1. The van der Waals surface area contributed by atoms with Crippen LogP contribution in [-0.4, -0.2) is 20.9 Å². The Hall–Kier alpha value is -1.34. The Balaban J connectivity index is 2.54. The zero-order valence-corrected chi connectivity index (χ0v) is 12.0. The van der Waals surface area contributed by atoms with Crippen molar-refractivity contribution in [2.45, 2.75) is 0 Å². The molecule has 1 aromatic heterocycles. The van der Waals surface area contributed by atoms with E-state index in [-0.39, 0.29) is 0 Å². The third-order valence-electron chi connectivity index (χ3n) is 2.20. The average molecular weight is 375 g/mol. The van der Waals surface area contributed by atoms with Crippen LogP contribution in [0.25, 0.3) is 11.8 Å². The van der Waals surface area contributed by atoms with Gasteiger partial charge in [0.05, 0.1) is 20.5 Å². The Kier molecular flexibility index (Phi) is 4.03. The lowest BCUT2D eigenvalue weighted by atomic mass is 10.1. The molecule has 0 radical (unpaired) electrons. The number of benzene rings is 1. The first-order valence-corrected chi connectivity index (χ1v) is 6.43. The van der Waals surface area contributed by atoms with Gasteiger partial charge in [-0.3, -0.25) is 0 Å². The number of nitrogens with zero attached hydrogens (tertiary/aromatic N) is 2. The van der Waals surface area contributed by atoms with Crippen LogP contribution in [0.2, 0.25) is 5.02 Å². The van der Waals surface area contributed by atoms with E-state index in [2.05, 4.69) is 27.7 Å². The molecule has 0 fully saturated rings. The molecule has 0 bridgehead atoms. The van der Waals surface area contributed by atoms with Crippen molar-refractivity contribution in [2.75, 3.05) is 0 Å². The minimum Gasteiger partial charge on any atom is -0.478 e. The fraction of sp³-hybridized carbons (Fsp3) is 0. The summed E-state index contributed by atoms with van der Waals surface area (Å²) in [5.41, 5.74) is 1.36. The maximum Gasteiger partial charge on any atom is 0.328 e. The van der Waals surface area contributed by atoms with Crippen LogP contribution < -0.4 is 0 Å². The Bertz CT molecular complexity index is 622. The van der Waals surface area contributed by atoms with Gasteiger partial charge in [0.25, 0.3) is 0 Å². The van der Waals surface area contributed by atoms with Crippen molar-refractivity contribution in [3.05, 3.63) is 50.8 Å². The number of hydrogen-bond donors (Lipinski definition) is 1. The summed E-state index contributed by atoms with van der Waals surface area (Å²) in [5.74, 6) is -1.00.